The van der Waals surface area contributed by atoms with Crippen molar-refractivity contribution in [3.8, 4) is 0 Å². The summed E-state index contributed by atoms with van der Waals surface area (Å²) < 4.78 is 35.5. The second kappa shape index (κ2) is 4.19. The number of hydrogen-bond acceptors (Lipinski definition) is 2. The monoisotopic (exact) mass is 147 g/mol. The molecule has 0 spiro atoms. The summed E-state index contributed by atoms with van der Waals surface area (Å²) in [6.07, 6.45) is -4.98. The quantitative estimate of drug-likeness (QED) is 0.443. The first kappa shape index (κ1) is 12.0. The maximum atomic E-state index is 10.9. The predicted molar refractivity (Wildman–Crippen MR) is 23.7 cm³/mol. The van der Waals surface area contributed by atoms with E-state index in [0.717, 1.165) is 0 Å². The van der Waals surface area contributed by atoms with E-state index >= 15 is 0 Å². The van der Waals surface area contributed by atoms with Gasteiger partial charge in [0.2, 0.25) is 0 Å². The minimum Gasteiger partial charge on any atom is -0.537 e. The molecule has 7 heteroatoms. The van der Waals surface area contributed by atoms with Crippen LogP contribution in [0, 0.1) is 0 Å². The number of hydrogen-bond donors (Lipinski definition) is 0. The molecule has 45 valence electrons. The van der Waals surface area contributed by atoms with E-state index in [1.54, 1.807) is 0 Å². The summed E-state index contributed by atoms with van der Waals surface area (Å²) in [6.45, 7) is 0. The van der Waals surface area contributed by atoms with Gasteiger partial charge in [-0.3, -0.25) is 0 Å². The molecule has 0 atom stereocenters. The van der Waals surface area contributed by atoms with Crippen LogP contribution in [0.2, 0.25) is 0 Å². The van der Waals surface area contributed by atoms with Gasteiger partial charge in [0.05, 0.1) is 0 Å². The predicted octanol–water partition coefficient (Wildman–Crippen LogP) is -0.205. The molecule has 0 N–H and O–H groups in total. The van der Waals surface area contributed by atoms with Gasteiger partial charge in [0, 0.05) is 29.6 Å². The van der Waals surface area contributed by atoms with Gasteiger partial charge >= 0.3 is 20.2 Å². The fraction of sp³-hybridized carbons (Fsp3) is 0.500. The molecule has 9 heavy (non-hydrogen) atoms. The fourth-order valence-corrected chi connectivity index (χ4v) is 0.0668. The first-order valence-corrected chi connectivity index (χ1v) is 1.46. The van der Waals surface area contributed by atoms with Gasteiger partial charge in [-0.1, -0.05) is 0 Å². The topological polar surface area (TPSA) is 26.3 Å². The summed E-state index contributed by atoms with van der Waals surface area (Å²) in [5.41, 5.74) is 0. The van der Waals surface area contributed by atoms with Crippen LogP contribution >= 0.6 is 0 Å². The van der Waals surface area contributed by atoms with Crippen LogP contribution in [0.15, 0.2) is 0 Å². The molecule has 0 unspecified atom stereocenters. The molecule has 0 aromatic rings. The Labute approximate surface area is 72.5 Å². The zero-order valence-corrected chi connectivity index (χ0v) is 6.53. The maximum absolute atomic E-state index is 10.9. The fourth-order valence-electron chi connectivity index (χ4n) is 0.0668. The first-order valence-electron chi connectivity index (χ1n) is 1.46. The molecule has 0 rings (SSSR count). The zero-order valence-electron chi connectivity index (χ0n) is 4.53. The number of alkyl halides is 3. The molecule has 0 aliphatic heterocycles. The Hall–Kier alpha value is 0.325. The van der Waals surface area contributed by atoms with Crippen molar-refractivity contribution in [1.29, 1.82) is 0 Å². The molecule has 0 aliphatic carbocycles. The van der Waals surface area contributed by atoms with E-state index in [1.165, 1.54) is 0 Å². The summed E-state index contributed by atoms with van der Waals surface area (Å²) >= 11 is 0. The van der Waals surface area contributed by atoms with Crippen molar-refractivity contribution in [1.82, 2.24) is 0 Å². The molecule has 0 aliphatic rings. The Morgan fingerprint density at radius 3 is 1.78 bits per heavy atom. The molecule has 0 saturated heterocycles. The second-order valence-corrected chi connectivity index (χ2v) is 0.903. The number of halogens is 3. The Balaban J connectivity index is 0. The van der Waals surface area contributed by atoms with Crippen molar-refractivity contribution >= 4 is 43.6 Å². The summed E-state index contributed by atoms with van der Waals surface area (Å²) in [5.74, 6) is -2.39. The number of carbonyl (C=O) groups is 1. The van der Waals surface area contributed by atoms with Crippen LogP contribution in [0.4, 0.5) is 13.2 Å². The Morgan fingerprint density at radius 1 is 1.44 bits per heavy atom. The number of rotatable bonds is 0. The normalized spacial score (nSPS) is 9.67. The van der Waals surface area contributed by atoms with Gasteiger partial charge in [0.15, 0.2) is 0 Å². The summed E-state index contributed by atoms with van der Waals surface area (Å²) in [5, 5.41) is 0. The van der Waals surface area contributed by atoms with Crippen molar-refractivity contribution < 1.29 is 22.6 Å². The van der Waals surface area contributed by atoms with Gasteiger partial charge in [-0.25, -0.2) is 4.79 Å². The SMILES string of the molecule is [B]OC(=O)C(F)(F)F.[Na]. The van der Waals surface area contributed by atoms with Gasteiger partial charge in [-0.05, 0) is 0 Å². The molecule has 0 aromatic carbocycles. The Bertz CT molecular complexity index is 102. The average molecular weight is 147 g/mol. The van der Waals surface area contributed by atoms with Crippen LogP contribution < -0.4 is 0 Å². The van der Waals surface area contributed by atoms with Crippen molar-refractivity contribution in [2.75, 3.05) is 0 Å². The molecular weight excluding hydrogens is 147 g/mol. The molecule has 0 bridgehead atoms. The van der Waals surface area contributed by atoms with Crippen molar-refractivity contribution in [3.05, 3.63) is 0 Å². The standard InChI is InChI=1S/C2BF3O2.Na/c3-8-1(7)2(4,5)6;. The van der Waals surface area contributed by atoms with Crippen LogP contribution in [0.1, 0.15) is 0 Å². The first-order chi connectivity index (χ1) is 3.48. The van der Waals surface area contributed by atoms with Crippen LogP contribution in [0.5, 0.6) is 0 Å². The molecule has 0 aromatic heterocycles. The van der Waals surface area contributed by atoms with E-state index in [-0.39, 0.29) is 29.6 Å². The van der Waals surface area contributed by atoms with Gasteiger partial charge in [-0.2, -0.15) is 13.2 Å². The largest absolute Gasteiger partial charge is 0.537 e. The molecule has 0 saturated carbocycles. The molecule has 3 radical (unpaired) electrons. The molecule has 2 nitrogen and oxygen atoms in total. The van der Waals surface area contributed by atoms with Crippen molar-refractivity contribution in [2.24, 2.45) is 0 Å². The van der Waals surface area contributed by atoms with Crippen LogP contribution in [0.25, 0.3) is 0 Å². The third kappa shape index (κ3) is 4.81. The summed E-state index contributed by atoms with van der Waals surface area (Å²) in [7, 11) is 3.89. The van der Waals surface area contributed by atoms with E-state index in [2.05, 4.69) is 12.7 Å². The minimum absolute atomic E-state index is 0. The van der Waals surface area contributed by atoms with Crippen LogP contribution in [0.3, 0.4) is 0 Å². The molecule has 0 heterocycles. The van der Waals surface area contributed by atoms with Gasteiger partial charge < -0.3 is 4.65 Å². The second-order valence-electron chi connectivity index (χ2n) is 0.903. The number of carbonyl (C=O) groups excluding carboxylic acids is 1. The smallest absolute Gasteiger partial charge is 0.489 e. The summed E-state index contributed by atoms with van der Waals surface area (Å²) in [6, 6.07) is 0. The van der Waals surface area contributed by atoms with Gasteiger partial charge in [0.1, 0.15) is 0 Å². The molecular formula is C2BF3NaO2. The third-order valence-corrected chi connectivity index (χ3v) is 0.338. The third-order valence-electron chi connectivity index (χ3n) is 0.338. The van der Waals surface area contributed by atoms with Crippen molar-refractivity contribution in [3.63, 3.8) is 0 Å². The van der Waals surface area contributed by atoms with Crippen LogP contribution in [-0.2, 0) is 9.45 Å². The Kier molecular flexibility index (Phi) is 5.61. The van der Waals surface area contributed by atoms with Gasteiger partial charge in [-0.15, -0.1) is 0 Å². The summed E-state index contributed by atoms with van der Waals surface area (Å²) in [4.78, 5) is 9.36. The Morgan fingerprint density at radius 2 is 1.78 bits per heavy atom. The van der Waals surface area contributed by atoms with E-state index in [9.17, 15) is 18.0 Å². The van der Waals surface area contributed by atoms with E-state index < -0.39 is 12.1 Å². The van der Waals surface area contributed by atoms with E-state index in [4.69, 9.17) is 0 Å². The van der Waals surface area contributed by atoms with Crippen molar-refractivity contribution in [2.45, 2.75) is 6.18 Å². The molecule has 0 fully saturated rings. The van der Waals surface area contributed by atoms with Crippen LogP contribution in [-0.4, -0.2) is 49.8 Å². The van der Waals surface area contributed by atoms with E-state index in [0.29, 0.717) is 0 Å². The van der Waals surface area contributed by atoms with E-state index in [1.807, 2.05) is 0 Å². The molecule has 0 amide bonds. The van der Waals surface area contributed by atoms with Gasteiger partial charge in [0.25, 0.3) is 0 Å². The maximum Gasteiger partial charge on any atom is 0.489 e. The minimum atomic E-state index is -4.98. The average Bonchev–Trinajstić information content (AvgIpc) is 1.62. The zero-order chi connectivity index (χ0) is 6.78.